The van der Waals surface area contributed by atoms with Crippen molar-refractivity contribution in [2.24, 2.45) is 0 Å². The number of rotatable bonds is 5. The Balaban J connectivity index is 1.73. The van der Waals surface area contributed by atoms with E-state index in [2.05, 4.69) is 10.1 Å². The third kappa shape index (κ3) is 3.90. The molecule has 0 fully saturated rings. The minimum atomic E-state index is -0.667. The van der Waals surface area contributed by atoms with Crippen molar-refractivity contribution in [3.63, 3.8) is 0 Å². The summed E-state index contributed by atoms with van der Waals surface area (Å²) in [6.45, 7) is 0.369. The number of carbonyl (C=O) groups excluding carboxylic acids is 1. The summed E-state index contributed by atoms with van der Waals surface area (Å²) in [5.74, 6) is -0.271. The normalized spacial score (nSPS) is 10.9. The minimum absolute atomic E-state index is 0.0464. The highest BCUT2D eigenvalue weighted by Crippen LogP contribution is 2.30. The monoisotopic (exact) mass is 411 g/mol. The number of methoxy groups -OCH3 is 1. The molecule has 2 aromatic heterocycles. The average molecular weight is 412 g/mol. The van der Waals surface area contributed by atoms with Crippen molar-refractivity contribution in [1.29, 1.82) is 0 Å². The van der Waals surface area contributed by atoms with E-state index in [-0.39, 0.29) is 22.4 Å². The van der Waals surface area contributed by atoms with Gasteiger partial charge in [0.15, 0.2) is 0 Å². The molecule has 0 aliphatic carbocycles. The SMILES string of the molecule is COc1ccc2c(c1)c(OC(=O)c1cccnc1Cl)nn2Cc1ccc(F)cc1. The fourth-order valence-corrected chi connectivity index (χ4v) is 3.09. The van der Waals surface area contributed by atoms with Crippen molar-refractivity contribution >= 4 is 28.5 Å². The van der Waals surface area contributed by atoms with Crippen LogP contribution in [0.5, 0.6) is 11.6 Å². The molecule has 0 amide bonds. The van der Waals surface area contributed by atoms with E-state index in [4.69, 9.17) is 21.1 Å². The first kappa shape index (κ1) is 18.9. The molecule has 8 heteroatoms. The van der Waals surface area contributed by atoms with Crippen LogP contribution in [0.25, 0.3) is 10.9 Å². The smallest absolute Gasteiger partial charge is 0.348 e. The van der Waals surface area contributed by atoms with E-state index >= 15 is 0 Å². The molecule has 0 aliphatic heterocycles. The van der Waals surface area contributed by atoms with Gasteiger partial charge in [-0.05, 0) is 48.0 Å². The van der Waals surface area contributed by atoms with Gasteiger partial charge in [0.05, 0.1) is 30.1 Å². The number of nitrogens with zero attached hydrogens (tertiary/aromatic N) is 3. The quantitative estimate of drug-likeness (QED) is 0.357. The molecule has 0 unspecified atom stereocenters. The van der Waals surface area contributed by atoms with Gasteiger partial charge in [0.25, 0.3) is 0 Å². The zero-order valence-electron chi connectivity index (χ0n) is 15.3. The molecule has 0 aliphatic rings. The Morgan fingerprint density at radius 1 is 1.17 bits per heavy atom. The number of hydrogen-bond donors (Lipinski definition) is 0. The maximum Gasteiger partial charge on any atom is 0.348 e. The maximum atomic E-state index is 13.2. The molecule has 0 bridgehead atoms. The van der Waals surface area contributed by atoms with Crippen molar-refractivity contribution in [3.8, 4) is 11.6 Å². The van der Waals surface area contributed by atoms with Gasteiger partial charge in [-0.15, -0.1) is 5.10 Å². The first-order valence-corrected chi connectivity index (χ1v) is 9.04. The van der Waals surface area contributed by atoms with Crippen molar-refractivity contribution < 1.29 is 18.7 Å². The van der Waals surface area contributed by atoms with E-state index < -0.39 is 5.97 Å². The van der Waals surface area contributed by atoms with E-state index in [0.29, 0.717) is 17.7 Å². The zero-order chi connectivity index (χ0) is 20.4. The van der Waals surface area contributed by atoms with Crippen LogP contribution in [0.3, 0.4) is 0 Å². The number of benzene rings is 2. The van der Waals surface area contributed by atoms with Crippen molar-refractivity contribution in [1.82, 2.24) is 14.8 Å². The molecular weight excluding hydrogens is 397 g/mol. The van der Waals surface area contributed by atoms with Crippen LogP contribution in [0.2, 0.25) is 5.15 Å². The molecule has 0 saturated heterocycles. The number of fused-ring (bicyclic) bond motifs is 1. The molecule has 0 spiro atoms. The van der Waals surface area contributed by atoms with Gasteiger partial charge < -0.3 is 9.47 Å². The highest BCUT2D eigenvalue weighted by atomic mass is 35.5. The van der Waals surface area contributed by atoms with Gasteiger partial charge in [-0.1, -0.05) is 23.7 Å². The first-order valence-electron chi connectivity index (χ1n) is 8.67. The van der Waals surface area contributed by atoms with Crippen LogP contribution in [-0.4, -0.2) is 27.8 Å². The molecule has 2 heterocycles. The molecule has 29 heavy (non-hydrogen) atoms. The highest BCUT2D eigenvalue weighted by Gasteiger charge is 2.19. The number of pyridine rings is 1. The third-order valence-corrected chi connectivity index (χ3v) is 4.64. The number of ether oxygens (including phenoxy) is 2. The Hall–Kier alpha value is -3.45. The first-order chi connectivity index (χ1) is 14.0. The minimum Gasteiger partial charge on any atom is -0.497 e. The lowest BCUT2D eigenvalue weighted by molar-refractivity contribution is 0.0728. The van der Waals surface area contributed by atoms with Crippen LogP contribution in [0.15, 0.2) is 60.8 Å². The predicted octanol–water partition coefficient (Wildman–Crippen LogP) is 4.50. The lowest BCUT2D eigenvalue weighted by Gasteiger charge is -2.04. The van der Waals surface area contributed by atoms with E-state index in [9.17, 15) is 9.18 Å². The van der Waals surface area contributed by atoms with Gasteiger partial charge in [0.1, 0.15) is 16.7 Å². The van der Waals surface area contributed by atoms with Gasteiger partial charge in [-0.2, -0.15) is 0 Å². The Kier molecular flexibility index (Phi) is 5.14. The standard InChI is InChI=1S/C21H15ClFN3O3/c1-28-15-8-9-18-17(11-15)20(29-21(27)16-3-2-10-24-19(16)22)25-26(18)12-13-4-6-14(23)7-5-13/h2-11H,12H2,1H3. The Morgan fingerprint density at radius 3 is 2.69 bits per heavy atom. The predicted molar refractivity (Wildman–Crippen MR) is 106 cm³/mol. The van der Waals surface area contributed by atoms with E-state index in [1.165, 1.54) is 24.4 Å². The fraction of sp³-hybridized carbons (Fsp3) is 0.0952. The molecule has 4 rings (SSSR count). The third-order valence-electron chi connectivity index (χ3n) is 4.34. The Morgan fingerprint density at radius 2 is 1.97 bits per heavy atom. The summed E-state index contributed by atoms with van der Waals surface area (Å²) in [6, 6.07) is 14.6. The summed E-state index contributed by atoms with van der Waals surface area (Å²) in [7, 11) is 1.55. The second-order valence-electron chi connectivity index (χ2n) is 6.20. The molecule has 0 N–H and O–H groups in total. The average Bonchev–Trinajstić information content (AvgIpc) is 3.06. The number of hydrogen-bond acceptors (Lipinski definition) is 5. The number of halogens is 2. The molecule has 6 nitrogen and oxygen atoms in total. The molecular formula is C21H15ClFN3O3. The fourth-order valence-electron chi connectivity index (χ4n) is 2.90. The van der Waals surface area contributed by atoms with E-state index in [1.807, 2.05) is 6.07 Å². The molecule has 4 aromatic rings. The van der Waals surface area contributed by atoms with Crippen LogP contribution < -0.4 is 9.47 Å². The van der Waals surface area contributed by atoms with E-state index in [1.54, 1.807) is 42.1 Å². The summed E-state index contributed by atoms with van der Waals surface area (Å²) in [5.41, 5.74) is 1.72. The molecule has 146 valence electrons. The van der Waals surface area contributed by atoms with Crippen molar-refractivity contribution in [2.75, 3.05) is 7.11 Å². The van der Waals surface area contributed by atoms with Crippen molar-refractivity contribution in [2.45, 2.75) is 6.54 Å². The van der Waals surface area contributed by atoms with Gasteiger partial charge in [-0.25, -0.2) is 14.2 Å². The Labute approximate surface area is 170 Å². The second kappa shape index (κ2) is 7.89. The lowest BCUT2D eigenvalue weighted by Crippen LogP contribution is -2.11. The van der Waals surface area contributed by atoms with Crippen LogP contribution in [-0.2, 0) is 6.54 Å². The summed E-state index contributed by atoms with van der Waals surface area (Å²) in [5, 5.41) is 5.08. The largest absolute Gasteiger partial charge is 0.497 e. The summed E-state index contributed by atoms with van der Waals surface area (Å²) in [4.78, 5) is 16.5. The zero-order valence-corrected chi connectivity index (χ0v) is 16.1. The van der Waals surface area contributed by atoms with Crippen LogP contribution in [0, 0.1) is 5.82 Å². The topological polar surface area (TPSA) is 66.2 Å². The number of carbonyl (C=O) groups is 1. The Bertz CT molecular complexity index is 1190. The second-order valence-corrected chi connectivity index (χ2v) is 6.56. The van der Waals surface area contributed by atoms with Gasteiger partial charge in [0.2, 0.25) is 5.88 Å². The van der Waals surface area contributed by atoms with Crippen molar-refractivity contribution in [3.05, 3.63) is 82.9 Å². The maximum absolute atomic E-state index is 13.2. The summed E-state index contributed by atoms with van der Waals surface area (Å²) < 4.78 is 25.7. The highest BCUT2D eigenvalue weighted by molar-refractivity contribution is 6.32. The summed E-state index contributed by atoms with van der Waals surface area (Å²) in [6.07, 6.45) is 1.48. The lowest BCUT2D eigenvalue weighted by atomic mass is 10.2. The van der Waals surface area contributed by atoms with E-state index in [0.717, 1.165) is 11.1 Å². The van der Waals surface area contributed by atoms with Gasteiger partial charge in [0, 0.05) is 6.20 Å². The number of esters is 1. The van der Waals surface area contributed by atoms with Gasteiger partial charge in [-0.3, -0.25) is 4.68 Å². The van der Waals surface area contributed by atoms with Crippen LogP contribution >= 0.6 is 11.6 Å². The summed E-state index contributed by atoms with van der Waals surface area (Å²) >= 11 is 5.99. The molecule has 2 aromatic carbocycles. The molecule has 0 saturated carbocycles. The van der Waals surface area contributed by atoms with Crippen LogP contribution in [0.1, 0.15) is 15.9 Å². The molecule has 0 radical (unpaired) electrons. The molecule has 0 atom stereocenters. The van der Waals surface area contributed by atoms with Crippen LogP contribution in [0.4, 0.5) is 4.39 Å². The number of aromatic nitrogens is 3. The van der Waals surface area contributed by atoms with Gasteiger partial charge >= 0.3 is 5.97 Å².